The Kier molecular flexibility index (Phi) is 3.72. The lowest BCUT2D eigenvalue weighted by atomic mass is 10.3. The second-order valence-corrected chi connectivity index (χ2v) is 3.43. The highest BCUT2D eigenvalue weighted by atomic mass is 32.2. The van der Waals surface area contributed by atoms with Gasteiger partial charge in [0.25, 0.3) is 0 Å². The van der Waals surface area contributed by atoms with E-state index in [-0.39, 0.29) is 12.4 Å². The van der Waals surface area contributed by atoms with Crippen LogP contribution in [0.5, 0.6) is 0 Å². The van der Waals surface area contributed by atoms with E-state index in [0.29, 0.717) is 16.3 Å². The number of pyridine rings is 1. The summed E-state index contributed by atoms with van der Waals surface area (Å²) in [5, 5.41) is 16.6. The first kappa shape index (κ1) is 10.0. The summed E-state index contributed by atoms with van der Waals surface area (Å²) in [6.45, 7) is 0.0958. The first-order valence-corrected chi connectivity index (χ1v) is 4.77. The Morgan fingerprint density at radius 1 is 1.69 bits per heavy atom. The molecule has 1 rings (SSSR count). The van der Waals surface area contributed by atoms with E-state index in [2.05, 4.69) is 4.98 Å². The number of hydrogen-bond acceptors (Lipinski definition) is 4. The molecule has 0 fully saturated rings. The maximum atomic E-state index is 8.62. The van der Waals surface area contributed by atoms with Crippen LogP contribution in [0.25, 0.3) is 0 Å². The fourth-order valence-electron chi connectivity index (χ4n) is 0.853. The van der Waals surface area contributed by atoms with Gasteiger partial charge in [0.15, 0.2) is 0 Å². The lowest BCUT2D eigenvalue weighted by Crippen LogP contribution is -2.13. The molecule has 0 spiro atoms. The number of amidine groups is 1. The molecule has 0 atom stereocenters. The standard InChI is InChI=1S/C8H11N3OS/c9-7(10)6-2-1-3-11-8(6)13-5-4-12/h1-3,12H,4-5H2,(H3,9,10). The van der Waals surface area contributed by atoms with E-state index in [1.807, 2.05) is 0 Å². The van der Waals surface area contributed by atoms with E-state index in [9.17, 15) is 0 Å². The third-order valence-corrected chi connectivity index (χ3v) is 2.38. The lowest BCUT2D eigenvalue weighted by molar-refractivity contribution is 0.322. The average Bonchev–Trinajstić information content (AvgIpc) is 2.15. The second kappa shape index (κ2) is 4.84. The number of thioether (sulfide) groups is 1. The van der Waals surface area contributed by atoms with Gasteiger partial charge in [0.2, 0.25) is 0 Å². The zero-order valence-electron chi connectivity index (χ0n) is 7.03. The van der Waals surface area contributed by atoms with Crippen LogP contribution in [0.15, 0.2) is 23.4 Å². The van der Waals surface area contributed by atoms with Gasteiger partial charge in [-0.15, -0.1) is 11.8 Å². The smallest absolute Gasteiger partial charge is 0.125 e. The molecule has 1 heterocycles. The van der Waals surface area contributed by atoms with Gasteiger partial charge in [-0.05, 0) is 12.1 Å². The van der Waals surface area contributed by atoms with Crippen molar-refractivity contribution in [2.75, 3.05) is 12.4 Å². The number of nitrogen functional groups attached to an aromatic ring is 1. The number of nitrogens with zero attached hydrogens (tertiary/aromatic N) is 1. The van der Waals surface area contributed by atoms with Crippen LogP contribution in [0.1, 0.15) is 5.56 Å². The summed E-state index contributed by atoms with van der Waals surface area (Å²) in [6, 6.07) is 3.48. The molecule has 0 aliphatic heterocycles. The summed E-state index contributed by atoms with van der Waals surface area (Å²) in [6.07, 6.45) is 1.64. The van der Waals surface area contributed by atoms with Crippen LogP contribution in [0, 0.1) is 5.41 Å². The fraction of sp³-hybridized carbons (Fsp3) is 0.250. The quantitative estimate of drug-likeness (QED) is 0.372. The Balaban J connectivity index is 2.84. The maximum absolute atomic E-state index is 8.62. The van der Waals surface area contributed by atoms with Crippen molar-refractivity contribution in [3.63, 3.8) is 0 Å². The van der Waals surface area contributed by atoms with Crippen molar-refractivity contribution in [1.29, 1.82) is 5.41 Å². The van der Waals surface area contributed by atoms with Crippen molar-refractivity contribution in [2.45, 2.75) is 5.03 Å². The molecule has 5 heteroatoms. The summed E-state index contributed by atoms with van der Waals surface area (Å²) < 4.78 is 0. The number of nitrogens with two attached hydrogens (primary N) is 1. The van der Waals surface area contributed by atoms with Gasteiger partial charge in [-0.2, -0.15) is 0 Å². The topological polar surface area (TPSA) is 83.0 Å². The second-order valence-electron chi connectivity index (χ2n) is 2.34. The molecule has 0 unspecified atom stereocenters. The van der Waals surface area contributed by atoms with Gasteiger partial charge >= 0.3 is 0 Å². The van der Waals surface area contributed by atoms with Gasteiger partial charge in [-0.3, -0.25) is 5.41 Å². The fourth-order valence-corrected chi connectivity index (χ4v) is 1.61. The number of aliphatic hydroxyl groups is 1. The monoisotopic (exact) mass is 197 g/mol. The summed E-state index contributed by atoms with van der Waals surface area (Å²) >= 11 is 1.39. The molecule has 0 aliphatic rings. The van der Waals surface area contributed by atoms with Gasteiger partial charge < -0.3 is 10.8 Å². The van der Waals surface area contributed by atoms with E-state index in [1.165, 1.54) is 11.8 Å². The summed E-state index contributed by atoms with van der Waals surface area (Å²) in [4.78, 5) is 4.07. The van der Waals surface area contributed by atoms with Crippen molar-refractivity contribution in [2.24, 2.45) is 5.73 Å². The van der Waals surface area contributed by atoms with Crippen LogP contribution in [-0.2, 0) is 0 Å². The highest BCUT2D eigenvalue weighted by molar-refractivity contribution is 7.99. The largest absolute Gasteiger partial charge is 0.396 e. The number of nitrogens with one attached hydrogen (secondary N) is 1. The minimum atomic E-state index is 0.00791. The van der Waals surface area contributed by atoms with E-state index in [4.69, 9.17) is 16.2 Å². The van der Waals surface area contributed by atoms with Crippen molar-refractivity contribution in [3.05, 3.63) is 23.9 Å². The molecule has 70 valence electrons. The Bertz CT molecular complexity index is 303. The summed E-state index contributed by atoms with van der Waals surface area (Å²) in [7, 11) is 0. The van der Waals surface area contributed by atoms with Gasteiger partial charge in [0, 0.05) is 17.5 Å². The van der Waals surface area contributed by atoms with Crippen LogP contribution >= 0.6 is 11.8 Å². The van der Waals surface area contributed by atoms with Crippen LogP contribution < -0.4 is 5.73 Å². The first-order valence-electron chi connectivity index (χ1n) is 3.78. The van der Waals surface area contributed by atoms with Crippen LogP contribution in [0.3, 0.4) is 0 Å². The predicted molar refractivity (Wildman–Crippen MR) is 53.1 cm³/mol. The van der Waals surface area contributed by atoms with E-state index >= 15 is 0 Å². The first-order chi connectivity index (χ1) is 6.25. The summed E-state index contributed by atoms with van der Waals surface area (Å²) in [5.41, 5.74) is 5.98. The predicted octanol–water partition coefficient (Wildman–Crippen LogP) is 0.450. The SMILES string of the molecule is N=C(N)c1cccnc1SCCO. The Morgan fingerprint density at radius 3 is 3.08 bits per heavy atom. The molecule has 0 radical (unpaired) electrons. The number of aliphatic hydroxyl groups excluding tert-OH is 1. The molecule has 13 heavy (non-hydrogen) atoms. The molecule has 0 amide bonds. The zero-order chi connectivity index (χ0) is 9.68. The van der Waals surface area contributed by atoms with Crippen molar-refractivity contribution >= 4 is 17.6 Å². The molecule has 1 aromatic heterocycles. The molecule has 0 bridgehead atoms. The van der Waals surface area contributed by atoms with Gasteiger partial charge in [0.1, 0.15) is 10.9 Å². The van der Waals surface area contributed by atoms with Crippen molar-refractivity contribution < 1.29 is 5.11 Å². The van der Waals surface area contributed by atoms with Gasteiger partial charge in [0.05, 0.1) is 6.61 Å². The van der Waals surface area contributed by atoms with Crippen molar-refractivity contribution in [1.82, 2.24) is 4.98 Å². The minimum Gasteiger partial charge on any atom is -0.396 e. The third kappa shape index (κ3) is 2.71. The molecule has 4 N–H and O–H groups in total. The summed E-state index contributed by atoms with van der Waals surface area (Å²) in [5.74, 6) is 0.575. The third-order valence-electron chi connectivity index (χ3n) is 1.39. The molecular weight excluding hydrogens is 186 g/mol. The maximum Gasteiger partial charge on any atom is 0.125 e. The normalized spacial score (nSPS) is 9.92. The molecule has 0 saturated carbocycles. The van der Waals surface area contributed by atoms with Gasteiger partial charge in [-0.25, -0.2) is 4.98 Å². The van der Waals surface area contributed by atoms with E-state index in [1.54, 1.807) is 18.3 Å². The molecular formula is C8H11N3OS. The number of aromatic nitrogens is 1. The highest BCUT2D eigenvalue weighted by Gasteiger charge is 2.05. The molecule has 4 nitrogen and oxygen atoms in total. The Morgan fingerprint density at radius 2 is 2.46 bits per heavy atom. The average molecular weight is 197 g/mol. The molecule has 0 aromatic carbocycles. The zero-order valence-corrected chi connectivity index (χ0v) is 7.84. The molecule has 0 saturated heterocycles. The Labute approximate surface area is 80.7 Å². The van der Waals surface area contributed by atoms with Gasteiger partial charge in [-0.1, -0.05) is 0 Å². The van der Waals surface area contributed by atoms with Crippen LogP contribution in [0.4, 0.5) is 0 Å². The molecule has 1 aromatic rings. The number of hydrogen-bond donors (Lipinski definition) is 3. The van der Waals surface area contributed by atoms with Crippen LogP contribution in [0.2, 0.25) is 0 Å². The van der Waals surface area contributed by atoms with Crippen molar-refractivity contribution in [3.8, 4) is 0 Å². The number of rotatable bonds is 4. The Hall–Kier alpha value is -1.07. The van der Waals surface area contributed by atoms with E-state index in [0.717, 1.165) is 0 Å². The highest BCUT2D eigenvalue weighted by Crippen LogP contribution is 2.18. The molecule has 0 aliphatic carbocycles. The minimum absolute atomic E-state index is 0.00791. The van der Waals surface area contributed by atoms with E-state index < -0.39 is 0 Å². The lowest BCUT2D eigenvalue weighted by Gasteiger charge is -2.04. The van der Waals surface area contributed by atoms with Crippen LogP contribution in [-0.4, -0.2) is 28.3 Å².